The highest BCUT2D eigenvalue weighted by Crippen LogP contribution is 2.17. The van der Waals surface area contributed by atoms with Gasteiger partial charge in [-0.2, -0.15) is 0 Å². The molecule has 0 radical (unpaired) electrons. The largest absolute Gasteiger partial charge is 0.323 e. The molecule has 5 heteroatoms. The maximum absolute atomic E-state index is 5.97. The van der Waals surface area contributed by atoms with Crippen molar-refractivity contribution in [1.82, 2.24) is 20.0 Å². The van der Waals surface area contributed by atoms with Crippen LogP contribution >= 0.6 is 0 Å². The second kappa shape index (κ2) is 5.38. The van der Waals surface area contributed by atoms with Crippen LogP contribution in [-0.2, 0) is 6.54 Å². The molecule has 0 aliphatic rings. The summed E-state index contributed by atoms with van der Waals surface area (Å²) < 4.78 is 1.83. The SMILES string of the molecule is CCC(N)c1cn(Cc2ccnc3ccccc23)nn1. The van der Waals surface area contributed by atoms with Crippen LogP contribution in [0.25, 0.3) is 10.9 Å². The molecule has 20 heavy (non-hydrogen) atoms. The topological polar surface area (TPSA) is 69.6 Å². The standard InChI is InChI=1S/C15H17N5/c1-2-13(16)15-10-20(19-18-15)9-11-7-8-17-14-6-4-3-5-12(11)14/h3-8,10,13H,2,9,16H2,1H3. The van der Waals surface area contributed by atoms with E-state index in [4.69, 9.17) is 5.73 Å². The van der Waals surface area contributed by atoms with Crippen LogP contribution in [0.1, 0.15) is 30.6 Å². The highest BCUT2D eigenvalue weighted by Gasteiger charge is 2.09. The smallest absolute Gasteiger partial charge is 0.0994 e. The molecule has 0 fully saturated rings. The Morgan fingerprint density at radius 2 is 2.10 bits per heavy atom. The van der Waals surface area contributed by atoms with E-state index >= 15 is 0 Å². The van der Waals surface area contributed by atoms with Crippen molar-refractivity contribution < 1.29 is 0 Å². The van der Waals surface area contributed by atoms with Crippen molar-refractivity contribution in [1.29, 1.82) is 0 Å². The van der Waals surface area contributed by atoms with Gasteiger partial charge in [0.25, 0.3) is 0 Å². The van der Waals surface area contributed by atoms with Crippen LogP contribution in [0.4, 0.5) is 0 Å². The van der Waals surface area contributed by atoms with E-state index in [1.807, 2.05) is 48.3 Å². The van der Waals surface area contributed by atoms with Gasteiger partial charge in [0.2, 0.25) is 0 Å². The molecule has 1 aromatic carbocycles. The maximum atomic E-state index is 5.97. The van der Waals surface area contributed by atoms with E-state index in [-0.39, 0.29) is 6.04 Å². The molecule has 2 heterocycles. The first kappa shape index (κ1) is 12.7. The van der Waals surface area contributed by atoms with Gasteiger partial charge in [0.15, 0.2) is 0 Å². The van der Waals surface area contributed by atoms with Gasteiger partial charge in [-0.25, -0.2) is 4.68 Å². The molecule has 3 rings (SSSR count). The molecule has 0 aliphatic heterocycles. The van der Waals surface area contributed by atoms with Crippen LogP contribution in [0.5, 0.6) is 0 Å². The highest BCUT2D eigenvalue weighted by molar-refractivity contribution is 5.81. The molecule has 0 aliphatic carbocycles. The van der Waals surface area contributed by atoms with Crippen molar-refractivity contribution in [3.8, 4) is 0 Å². The van der Waals surface area contributed by atoms with Gasteiger partial charge in [-0.05, 0) is 24.1 Å². The lowest BCUT2D eigenvalue weighted by molar-refractivity contribution is 0.646. The van der Waals surface area contributed by atoms with Gasteiger partial charge in [0.05, 0.1) is 30.0 Å². The third kappa shape index (κ3) is 2.40. The minimum atomic E-state index is -0.0436. The molecule has 2 aromatic heterocycles. The number of para-hydroxylation sites is 1. The molecule has 3 aromatic rings. The minimum absolute atomic E-state index is 0.0436. The number of nitrogens with zero attached hydrogens (tertiary/aromatic N) is 4. The number of rotatable bonds is 4. The number of fused-ring (bicyclic) bond motifs is 1. The molecule has 0 amide bonds. The van der Waals surface area contributed by atoms with Crippen molar-refractivity contribution in [2.75, 3.05) is 0 Å². The van der Waals surface area contributed by atoms with Crippen LogP contribution in [0, 0.1) is 0 Å². The summed E-state index contributed by atoms with van der Waals surface area (Å²) in [6.07, 6.45) is 4.60. The lowest BCUT2D eigenvalue weighted by Gasteiger charge is -2.05. The van der Waals surface area contributed by atoms with E-state index in [1.54, 1.807) is 0 Å². The van der Waals surface area contributed by atoms with Crippen LogP contribution in [-0.4, -0.2) is 20.0 Å². The quantitative estimate of drug-likeness (QED) is 0.787. The Labute approximate surface area is 117 Å². The summed E-state index contributed by atoms with van der Waals surface area (Å²) in [6.45, 7) is 2.71. The summed E-state index contributed by atoms with van der Waals surface area (Å²) >= 11 is 0. The first-order valence-electron chi connectivity index (χ1n) is 6.76. The Hall–Kier alpha value is -2.27. The Morgan fingerprint density at radius 3 is 2.95 bits per heavy atom. The van der Waals surface area contributed by atoms with E-state index in [0.29, 0.717) is 6.54 Å². The third-order valence-corrected chi connectivity index (χ3v) is 3.45. The molecule has 2 N–H and O–H groups in total. The molecule has 0 spiro atoms. The van der Waals surface area contributed by atoms with E-state index in [0.717, 1.165) is 23.0 Å². The normalized spacial score (nSPS) is 12.7. The second-order valence-electron chi connectivity index (χ2n) is 4.84. The summed E-state index contributed by atoms with van der Waals surface area (Å²) in [5, 5.41) is 9.43. The van der Waals surface area contributed by atoms with Crippen LogP contribution in [0.2, 0.25) is 0 Å². The van der Waals surface area contributed by atoms with Gasteiger partial charge in [0, 0.05) is 11.6 Å². The van der Waals surface area contributed by atoms with Gasteiger partial charge in [-0.15, -0.1) is 5.10 Å². The Bertz CT molecular complexity index is 714. The lowest BCUT2D eigenvalue weighted by Crippen LogP contribution is -2.08. The molecule has 0 bridgehead atoms. The highest BCUT2D eigenvalue weighted by atomic mass is 15.4. The molecule has 0 saturated heterocycles. The number of benzene rings is 1. The fourth-order valence-corrected chi connectivity index (χ4v) is 2.24. The van der Waals surface area contributed by atoms with Crippen LogP contribution in [0.15, 0.2) is 42.7 Å². The summed E-state index contributed by atoms with van der Waals surface area (Å²) in [7, 11) is 0. The molecule has 0 saturated carbocycles. The molecule has 1 atom stereocenters. The molecule has 5 nitrogen and oxygen atoms in total. The summed E-state index contributed by atoms with van der Waals surface area (Å²) in [5.74, 6) is 0. The maximum Gasteiger partial charge on any atom is 0.0994 e. The summed E-state index contributed by atoms with van der Waals surface area (Å²) in [5.41, 5.74) is 8.98. The van der Waals surface area contributed by atoms with Crippen LogP contribution < -0.4 is 5.73 Å². The van der Waals surface area contributed by atoms with Crippen molar-refractivity contribution in [3.05, 3.63) is 54.0 Å². The Balaban J connectivity index is 1.91. The zero-order valence-corrected chi connectivity index (χ0v) is 11.4. The predicted molar refractivity (Wildman–Crippen MR) is 78.1 cm³/mol. The van der Waals surface area contributed by atoms with E-state index in [9.17, 15) is 0 Å². The van der Waals surface area contributed by atoms with E-state index in [2.05, 4.69) is 21.4 Å². The number of nitrogens with two attached hydrogens (primary N) is 1. The monoisotopic (exact) mass is 267 g/mol. The fourth-order valence-electron chi connectivity index (χ4n) is 2.24. The fraction of sp³-hybridized carbons (Fsp3) is 0.267. The van der Waals surface area contributed by atoms with Crippen molar-refractivity contribution in [2.24, 2.45) is 5.73 Å². The summed E-state index contributed by atoms with van der Waals surface area (Å²) in [6, 6.07) is 10.1. The van der Waals surface area contributed by atoms with Crippen molar-refractivity contribution in [2.45, 2.75) is 25.9 Å². The van der Waals surface area contributed by atoms with Crippen molar-refractivity contribution >= 4 is 10.9 Å². The van der Waals surface area contributed by atoms with Crippen LogP contribution in [0.3, 0.4) is 0 Å². The van der Waals surface area contributed by atoms with E-state index in [1.165, 1.54) is 5.56 Å². The second-order valence-corrected chi connectivity index (χ2v) is 4.84. The molecular formula is C15H17N5. The number of pyridine rings is 1. The third-order valence-electron chi connectivity index (χ3n) is 3.45. The van der Waals surface area contributed by atoms with E-state index < -0.39 is 0 Å². The average molecular weight is 267 g/mol. The molecule has 1 unspecified atom stereocenters. The Morgan fingerprint density at radius 1 is 1.25 bits per heavy atom. The lowest BCUT2D eigenvalue weighted by atomic mass is 10.1. The predicted octanol–water partition coefficient (Wildman–Crippen LogP) is 2.28. The zero-order valence-electron chi connectivity index (χ0n) is 11.4. The van der Waals surface area contributed by atoms with Gasteiger partial charge in [-0.1, -0.05) is 30.3 Å². The first-order chi connectivity index (χ1) is 9.78. The van der Waals surface area contributed by atoms with Gasteiger partial charge in [-0.3, -0.25) is 4.98 Å². The van der Waals surface area contributed by atoms with Gasteiger partial charge < -0.3 is 5.73 Å². The van der Waals surface area contributed by atoms with Crippen molar-refractivity contribution in [3.63, 3.8) is 0 Å². The summed E-state index contributed by atoms with van der Waals surface area (Å²) in [4.78, 5) is 4.36. The van der Waals surface area contributed by atoms with Gasteiger partial charge >= 0.3 is 0 Å². The first-order valence-corrected chi connectivity index (χ1v) is 6.76. The average Bonchev–Trinajstić information content (AvgIpc) is 2.95. The molecular weight excluding hydrogens is 250 g/mol. The zero-order chi connectivity index (χ0) is 13.9. The number of hydrogen-bond acceptors (Lipinski definition) is 4. The minimum Gasteiger partial charge on any atom is -0.323 e. The van der Waals surface area contributed by atoms with Gasteiger partial charge in [0.1, 0.15) is 0 Å². The number of hydrogen-bond donors (Lipinski definition) is 1. The molecule has 102 valence electrons. The number of aromatic nitrogens is 4. The Kier molecular flexibility index (Phi) is 3.43.